The number of likely N-dealkylation sites (tertiary alicyclic amines) is 1. The van der Waals surface area contributed by atoms with E-state index in [-0.39, 0.29) is 42.0 Å². The highest BCUT2D eigenvalue weighted by Gasteiger charge is 2.86. The van der Waals surface area contributed by atoms with Gasteiger partial charge in [-0.1, -0.05) is 18.2 Å². The van der Waals surface area contributed by atoms with Gasteiger partial charge in [0, 0.05) is 29.6 Å². The van der Waals surface area contributed by atoms with Gasteiger partial charge in [0.05, 0.1) is 30.8 Å². The summed E-state index contributed by atoms with van der Waals surface area (Å²) in [6, 6.07) is 13.2. The molecule has 5 atom stereocenters. The summed E-state index contributed by atoms with van der Waals surface area (Å²) in [5, 5.41) is 18.0. The van der Waals surface area contributed by atoms with Crippen LogP contribution in [-0.4, -0.2) is 73.9 Å². The number of halogens is 5. The molecule has 43 heavy (non-hydrogen) atoms. The normalized spacial score (nSPS) is 27.8. The van der Waals surface area contributed by atoms with E-state index in [4.69, 9.17) is 9.15 Å². The Morgan fingerprint density at radius 3 is 2.79 bits per heavy atom. The summed E-state index contributed by atoms with van der Waals surface area (Å²) in [6.45, 7) is -0.868. The Kier molecular flexibility index (Phi) is 6.45. The molecule has 2 saturated heterocycles. The third kappa shape index (κ3) is 4.37. The number of nitrogens with one attached hydrogen (secondary N) is 3. The monoisotopic (exact) mass is 711 g/mol. The van der Waals surface area contributed by atoms with Gasteiger partial charge in [0.2, 0.25) is 9.69 Å². The fourth-order valence-electron chi connectivity index (χ4n) is 6.62. The molecule has 1 unspecified atom stereocenters. The number of nitrogens with zero attached hydrogens (tertiary/aromatic N) is 4. The quantitative estimate of drug-likeness (QED) is 0.0814. The summed E-state index contributed by atoms with van der Waals surface area (Å²) in [7, 11) is 3.20. The van der Waals surface area contributed by atoms with Crippen LogP contribution in [0.25, 0.3) is 22.5 Å². The molecule has 1 saturated carbocycles. The van der Waals surface area contributed by atoms with Crippen molar-refractivity contribution in [1.82, 2.24) is 30.3 Å². The van der Waals surface area contributed by atoms with Gasteiger partial charge in [-0.3, -0.25) is 15.0 Å². The molecular formula is C28H26F4IN7O3. The number of para-hydroxylation sites is 1. The van der Waals surface area contributed by atoms with Crippen LogP contribution in [0.5, 0.6) is 5.75 Å². The first-order valence-electron chi connectivity index (χ1n) is 13.5. The van der Waals surface area contributed by atoms with Gasteiger partial charge in [0.15, 0.2) is 0 Å². The summed E-state index contributed by atoms with van der Waals surface area (Å²) in [4.78, 5) is 14.4. The standard InChI is InChI=1S/C28H26F4IN7O3/c1-39-12-16-22(23-27(16,36-23)28(39,32)33)35-17-7-5-8-18-15(17)10-19(40(18)13-26(29,30)31)25-38-37-21(43-25)11-34-24(41)14-6-3-4-9-20(14)42-2/h3-10,16,22-23,35-36H,11-13H2,1-2H3,(H,34,41)/t16-,22+,23+,27?,28-/m1/s1. The average molecular weight is 711 g/mol. The highest BCUT2D eigenvalue weighted by Crippen LogP contribution is 2.66. The minimum atomic E-state index is -4.53. The number of rotatable bonds is 8. The first-order chi connectivity index (χ1) is 20.4. The number of benzene rings is 2. The van der Waals surface area contributed by atoms with Crippen LogP contribution in [0.3, 0.4) is 0 Å². The smallest absolute Gasteiger partial charge is 0.406 e. The number of amides is 1. The number of hydrogen-bond acceptors (Lipinski definition) is 8. The maximum Gasteiger partial charge on any atom is 0.406 e. The van der Waals surface area contributed by atoms with Crippen molar-refractivity contribution in [3.63, 3.8) is 0 Å². The van der Waals surface area contributed by atoms with Gasteiger partial charge in [-0.05, 0) is 60.0 Å². The molecule has 2 aliphatic heterocycles. The minimum Gasteiger partial charge on any atom is -0.496 e. The van der Waals surface area contributed by atoms with Gasteiger partial charge < -0.3 is 24.4 Å². The molecule has 1 spiro atoms. The Morgan fingerprint density at radius 2 is 2.02 bits per heavy atom. The second-order valence-corrected chi connectivity index (χ2v) is 12.5. The second-order valence-electron chi connectivity index (χ2n) is 11.0. The van der Waals surface area contributed by atoms with Gasteiger partial charge in [-0.2, -0.15) is 13.2 Å². The Balaban J connectivity index is 1.16. The molecular weight excluding hydrogens is 685 g/mol. The topological polar surface area (TPSA) is 119 Å². The van der Waals surface area contributed by atoms with Crippen LogP contribution in [-0.2, 0) is 13.1 Å². The van der Waals surface area contributed by atoms with Crippen LogP contribution in [0.2, 0.25) is 0 Å². The molecule has 7 rings (SSSR count). The van der Waals surface area contributed by atoms with Crippen LogP contribution in [0.1, 0.15) is 16.2 Å². The predicted octanol–water partition coefficient (Wildman–Crippen LogP) is 4.32. The van der Waals surface area contributed by atoms with Crippen molar-refractivity contribution in [2.24, 2.45) is 5.92 Å². The summed E-state index contributed by atoms with van der Waals surface area (Å²) >= 11 is 1.85. The molecule has 10 nitrogen and oxygen atoms in total. The molecule has 3 fully saturated rings. The third-order valence-electron chi connectivity index (χ3n) is 8.67. The van der Waals surface area contributed by atoms with Gasteiger partial charge in [-0.25, -0.2) is 4.39 Å². The number of aromatic nitrogens is 3. The van der Waals surface area contributed by atoms with Crippen molar-refractivity contribution in [1.29, 1.82) is 0 Å². The van der Waals surface area contributed by atoms with Crippen LogP contribution in [0.4, 0.5) is 23.2 Å². The van der Waals surface area contributed by atoms with Gasteiger partial charge in [-0.15, -0.1) is 10.2 Å². The third-order valence-corrected chi connectivity index (χ3v) is 10.4. The number of carbonyl (C=O) groups excluding carboxylic acids is 1. The van der Waals surface area contributed by atoms with E-state index in [0.29, 0.717) is 34.4 Å². The lowest BCUT2D eigenvalue weighted by Crippen LogP contribution is -2.59. The number of carbonyl (C=O) groups is 1. The number of fused-ring (bicyclic) bond motifs is 1. The maximum atomic E-state index is 15.4. The van der Waals surface area contributed by atoms with E-state index in [2.05, 4.69) is 26.1 Å². The van der Waals surface area contributed by atoms with E-state index in [1.807, 2.05) is 22.6 Å². The molecule has 3 N–H and O–H groups in total. The van der Waals surface area contributed by atoms with E-state index in [9.17, 15) is 18.0 Å². The Morgan fingerprint density at radius 1 is 1.23 bits per heavy atom. The first-order valence-corrected chi connectivity index (χ1v) is 14.6. The fourth-order valence-corrected chi connectivity index (χ4v) is 7.70. The van der Waals surface area contributed by atoms with Crippen molar-refractivity contribution in [3.05, 3.63) is 60.0 Å². The lowest BCUT2D eigenvalue weighted by atomic mass is 9.70. The molecule has 3 aliphatic rings. The average Bonchev–Trinajstić information content (AvgIpc) is 3.16. The molecule has 1 amide bonds. The molecule has 0 radical (unpaired) electrons. The lowest BCUT2D eigenvalue weighted by molar-refractivity contribution is -0.139. The predicted molar refractivity (Wildman–Crippen MR) is 156 cm³/mol. The molecule has 1 aliphatic carbocycles. The lowest BCUT2D eigenvalue weighted by Gasteiger charge is -2.40. The maximum absolute atomic E-state index is 15.4. The number of alkyl halides is 5. The fraction of sp³-hybridized carbons (Fsp3) is 0.393. The molecule has 4 aromatic rings. The van der Waals surface area contributed by atoms with E-state index in [0.717, 1.165) is 4.57 Å². The number of likely N-dealkylation sites (N-methyl/N-ethyl adjacent to an activating group) is 1. The zero-order chi connectivity index (χ0) is 30.3. The first kappa shape index (κ1) is 28.3. The molecule has 15 heteroatoms. The highest BCUT2D eigenvalue weighted by atomic mass is 127. The number of ether oxygens (including phenoxy) is 1. The molecule has 2 aromatic carbocycles. The van der Waals surface area contributed by atoms with Gasteiger partial charge in [0.25, 0.3) is 11.8 Å². The summed E-state index contributed by atoms with van der Waals surface area (Å²) in [5.74, 6) is -0.157. The SMILES string of the molecule is COc1ccccc1C(=O)NCc1nnc(-c2cc3c(N[C@H]4[C@H]5CN(C)[C@](F)(I)C56N[C@@H]46)cccc3n2CC(F)(F)F)o1. The van der Waals surface area contributed by atoms with Crippen LogP contribution in [0.15, 0.2) is 52.9 Å². The van der Waals surface area contributed by atoms with E-state index in [1.165, 1.54) is 7.11 Å². The minimum absolute atomic E-state index is 0.000880. The molecule has 226 valence electrons. The van der Waals surface area contributed by atoms with Crippen LogP contribution < -0.4 is 20.7 Å². The van der Waals surface area contributed by atoms with Gasteiger partial charge >= 0.3 is 6.18 Å². The van der Waals surface area contributed by atoms with Crippen LogP contribution >= 0.6 is 22.6 Å². The van der Waals surface area contributed by atoms with E-state index < -0.39 is 28.0 Å². The molecule has 2 aromatic heterocycles. The highest BCUT2D eigenvalue weighted by molar-refractivity contribution is 14.1. The molecule has 4 heterocycles. The van der Waals surface area contributed by atoms with Gasteiger partial charge in [0.1, 0.15) is 23.5 Å². The Labute approximate surface area is 256 Å². The Bertz CT molecular complexity index is 1740. The summed E-state index contributed by atoms with van der Waals surface area (Å²) in [6.07, 6.45) is -4.53. The Hall–Kier alpha value is -3.44. The largest absolute Gasteiger partial charge is 0.496 e. The van der Waals surface area contributed by atoms with Crippen molar-refractivity contribution in [2.45, 2.75) is 40.7 Å². The second kappa shape index (κ2) is 9.79. The van der Waals surface area contributed by atoms with Crippen LogP contribution in [0, 0.1) is 5.92 Å². The number of methoxy groups -OCH3 is 1. The van der Waals surface area contributed by atoms with Crippen molar-refractivity contribution in [2.75, 3.05) is 26.0 Å². The van der Waals surface area contributed by atoms with Crippen molar-refractivity contribution >= 4 is 45.1 Å². The van der Waals surface area contributed by atoms with Crippen molar-refractivity contribution in [3.8, 4) is 17.3 Å². The number of anilines is 1. The van der Waals surface area contributed by atoms with E-state index >= 15 is 4.39 Å². The summed E-state index contributed by atoms with van der Waals surface area (Å²) < 4.78 is 67.2. The zero-order valence-electron chi connectivity index (χ0n) is 22.9. The van der Waals surface area contributed by atoms with E-state index in [1.54, 1.807) is 60.5 Å². The zero-order valence-corrected chi connectivity index (χ0v) is 25.0. The number of hydrogen-bond donors (Lipinski definition) is 3. The van der Waals surface area contributed by atoms with Crippen molar-refractivity contribution < 1.29 is 31.5 Å². The summed E-state index contributed by atoms with van der Waals surface area (Å²) in [5.41, 5.74) is 0.735. The molecule has 0 bridgehead atoms.